The van der Waals surface area contributed by atoms with Crippen molar-refractivity contribution in [2.24, 2.45) is 5.92 Å². The van der Waals surface area contributed by atoms with Crippen LogP contribution in [0.4, 0.5) is 0 Å². The first-order valence-electron chi connectivity index (χ1n) is 10.9. The predicted molar refractivity (Wildman–Crippen MR) is 110 cm³/mol. The van der Waals surface area contributed by atoms with Crippen LogP contribution < -0.4 is 0 Å². The van der Waals surface area contributed by atoms with E-state index < -0.39 is 0 Å². The number of unbranched alkanes of at least 4 members (excludes halogenated alkanes) is 13. The van der Waals surface area contributed by atoms with Crippen LogP contribution in [0.2, 0.25) is 0 Å². The molecular weight excluding hydrogens is 308 g/mol. The second-order valence-corrected chi connectivity index (χ2v) is 7.70. The highest BCUT2D eigenvalue weighted by atomic mass is 16.5. The van der Waals surface area contributed by atoms with Crippen molar-refractivity contribution in [1.29, 1.82) is 0 Å². The Balaban J connectivity index is 3.32. The molecule has 0 amide bonds. The molecule has 0 aromatic heterocycles. The molecule has 0 aromatic carbocycles. The Morgan fingerprint density at radius 3 is 1.60 bits per heavy atom. The largest absolute Gasteiger partial charge is 0.466 e. The molecule has 25 heavy (non-hydrogen) atoms. The van der Waals surface area contributed by atoms with Gasteiger partial charge in [0.25, 0.3) is 0 Å². The van der Waals surface area contributed by atoms with Gasteiger partial charge in [-0.2, -0.15) is 0 Å². The van der Waals surface area contributed by atoms with Crippen LogP contribution in [0.15, 0.2) is 11.6 Å². The zero-order valence-corrected chi connectivity index (χ0v) is 17.6. The lowest BCUT2D eigenvalue weighted by atomic mass is 9.99. The van der Waals surface area contributed by atoms with Crippen LogP contribution in [0.1, 0.15) is 117 Å². The molecule has 0 N–H and O–H groups in total. The summed E-state index contributed by atoms with van der Waals surface area (Å²) in [6, 6.07) is 0. The molecule has 0 aliphatic heterocycles. The molecule has 0 aromatic rings. The van der Waals surface area contributed by atoms with Gasteiger partial charge in [-0.1, -0.05) is 110 Å². The topological polar surface area (TPSA) is 26.3 Å². The molecule has 0 fully saturated rings. The monoisotopic (exact) mass is 352 g/mol. The fourth-order valence-corrected chi connectivity index (χ4v) is 3.40. The molecule has 0 saturated heterocycles. The summed E-state index contributed by atoms with van der Waals surface area (Å²) in [5, 5.41) is 0. The number of carbonyl (C=O) groups is 1. The molecule has 1 atom stereocenters. The van der Waals surface area contributed by atoms with Crippen molar-refractivity contribution in [2.75, 3.05) is 7.11 Å². The van der Waals surface area contributed by atoms with Gasteiger partial charge in [0.1, 0.15) is 0 Å². The Bertz CT molecular complexity index is 333. The van der Waals surface area contributed by atoms with Gasteiger partial charge in [-0.3, -0.25) is 0 Å². The van der Waals surface area contributed by atoms with Crippen LogP contribution in [0.25, 0.3) is 0 Å². The highest BCUT2D eigenvalue weighted by molar-refractivity contribution is 5.87. The molecule has 0 rings (SSSR count). The summed E-state index contributed by atoms with van der Waals surface area (Å²) in [4.78, 5) is 11.4. The van der Waals surface area contributed by atoms with Crippen LogP contribution in [0, 0.1) is 5.92 Å². The van der Waals surface area contributed by atoms with E-state index in [2.05, 4.69) is 13.8 Å². The van der Waals surface area contributed by atoms with Gasteiger partial charge in [0, 0.05) is 5.57 Å². The first-order valence-corrected chi connectivity index (χ1v) is 10.9. The van der Waals surface area contributed by atoms with Crippen molar-refractivity contribution in [1.82, 2.24) is 0 Å². The summed E-state index contributed by atoms with van der Waals surface area (Å²) in [7, 11) is 1.44. The molecule has 148 valence electrons. The number of hydrogen-bond donors (Lipinski definition) is 0. The predicted octanol–water partition coefficient (Wildman–Crippen LogP) is 7.61. The number of allylic oxidation sites excluding steroid dienone is 1. The third-order valence-corrected chi connectivity index (χ3v) is 5.05. The van der Waals surface area contributed by atoms with Crippen LogP contribution in [0.3, 0.4) is 0 Å². The third-order valence-electron chi connectivity index (χ3n) is 5.05. The number of carbonyl (C=O) groups excluding carboxylic acids is 1. The number of ether oxygens (including phenoxy) is 1. The molecule has 0 aliphatic rings. The van der Waals surface area contributed by atoms with E-state index in [1.807, 2.05) is 13.0 Å². The molecule has 0 aliphatic carbocycles. The molecule has 2 heteroatoms. The molecule has 0 bridgehead atoms. The van der Waals surface area contributed by atoms with Crippen molar-refractivity contribution in [3.05, 3.63) is 11.6 Å². The Hall–Kier alpha value is -0.790. The van der Waals surface area contributed by atoms with Gasteiger partial charge in [0.05, 0.1) is 7.11 Å². The Morgan fingerprint density at radius 1 is 0.800 bits per heavy atom. The normalized spacial score (nSPS) is 13.0. The maximum absolute atomic E-state index is 11.4. The van der Waals surface area contributed by atoms with Gasteiger partial charge in [-0.15, -0.1) is 0 Å². The lowest BCUT2D eigenvalue weighted by molar-refractivity contribution is -0.136. The van der Waals surface area contributed by atoms with Gasteiger partial charge in [-0.05, 0) is 19.3 Å². The van der Waals surface area contributed by atoms with E-state index >= 15 is 0 Å². The lowest BCUT2D eigenvalue weighted by Gasteiger charge is -2.08. The first-order chi connectivity index (χ1) is 12.1. The Labute approximate surface area is 157 Å². The highest BCUT2D eigenvalue weighted by Crippen LogP contribution is 2.16. The summed E-state index contributed by atoms with van der Waals surface area (Å²) >= 11 is 0. The zero-order valence-electron chi connectivity index (χ0n) is 17.6. The van der Waals surface area contributed by atoms with Crippen molar-refractivity contribution < 1.29 is 9.53 Å². The second-order valence-electron chi connectivity index (χ2n) is 7.70. The zero-order chi connectivity index (χ0) is 18.8. The van der Waals surface area contributed by atoms with Gasteiger partial charge in [0.2, 0.25) is 0 Å². The average Bonchev–Trinajstić information content (AvgIpc) is 2.61. The van der Waals surface area contributed by atoms with Crippen molar-refractivity contribution >= 4 is 5.97 Å². The lowest BCUT2D eigenvalue weighted by Crippen LogP contribution is -2.03. The van der Waals surface area contributed by atoms with E-state index in [-0.39, 0.29) is 5.97 Å². The van der Waals surface area contributed by atoms with E-state index in [1.54, 1.807) is 0 Å². The molecule has 0 radical (unpaired) electrons. The maximum atomic E-state index is 11.4. The molecular formula is C23H44O2. The molecule has 0 unspecified atom stereocenters. The fraction of sp³-hybridized carbons (Fsp3) is 0.870. The van der Waals surface area contributed by atoms with E-state index in [9.17, 15) is 4.79 Å². The highest BCUT2D eigenvalue weighted by Gasteiger charge is 2.05. The fourth-order valence-electron chi connectivity index (χ4n) is 3.40. The Morgan fingerprint density at radius 2 is 1.20 bits per heavy atom. The maximum Gasteiger partial charge on any atom is 0.333 e. The van der Waals surface area contributed by atoms with Crippen LogP contribution in [0.5, 0.6) is 0 Å². The standard InChI is InChI=1S/C23H44O2/c1-5-6-7-8-9-10-11-12-13-14-15-16-17-18-19-21(2)20-22(3)23(24)25-4/h20-21H,5-19H2,1-4H3/b22-20+/t21-/m0/s1. The molecule has 0 saturated carbocycles. The van der Waals surface area contributed by atoms with Gasteiger partial charge in [0.15, 0.2) is 0 Å². The summed E-state index contributed by atoms with van der Waals surface area (Å²) in [5.74, 6) is 0.268. The molecule has 0 spiro atoms. The SMILES string of the molecule is CCCCCCCCCCCCCCCC[C@H](C)/C=C(\C)C(=O)OC. The van der Waals surface area contributed by atoms with Crippen LogP contribution >= 0.6 is 0 Å². The van der Waals surface area contributed by atoms with E-state index in [4.69, 9.17) is 4.74 Å². The van der Waals surface area contributed by atoms with E-state index in [0.717, 1.165) is 5.57 Å². The minimum absolute atomic E-state index is 0.201. The first kappa shape index (κ1) is 24.2. The number of esters is 1. The summed E-state index contributed by atoms with van der Waals surface area (Å²) in [6.45, 7) is 6.31. The van der Waals surface area contributed by atoms with Gasteiger partial charge < -0.3 is 4.74 Å². The summed E-state index contributed by atoms with van der Waals surface area (Å²) in [5.41, 5.74) is 0.736. The third kappa shape index (κ3) is 16.4. The van der Waals surface area contributed by atoms with Crippen molar-refractivity contribution in [3.8, 4) is 0 Å². The Kier molecular flexibility index (Phi) is 17.4. The van der Waals surface area contributed by atoms with E-state index in [1.165, 1.54) is 103 Å². The van der Waals surface area contributed by atoms with Gasteiger partial charge in [-0.25, -0.2) is 4.79 Å². The minimum atomic E-state index is -0.201. The molecule has 0 heterocycles. The van der Waals surface area contributed by atoms with E-state index in [0.29, 0.717) is 5.92 Å². The van der Waals surface area contributed by atoms with Crippen LogP contribution in [-0.2, 0) is 9.53 Å². The van der Waals surface area contributed by atoms with Crippen molar-refractivity contribution in [2.45, 2.75) is 117 Å². The second kappa shape index (κ2) is 18.0. The number of hydrogen-bond acceptors (Lipinski definition) is 2. The van der Waals surface area contributed by atoms with Crippen molar-refractivity contribution in [3.63, 3.8) is 0 Å². The van der Waals surface area contributed by atoms with Gasteiger partial charge >= 0.3 is 5.97 Å². The number of methoxy groups -OCH3 is 1. The minimum Gasteiger partial charge on any atom is -0.466 e. The summed E-state index contributed by atoms with van der Waals surface area (Å²) < 4.78 is 4.73. The smallest absolute Gasteiger partial charge is 0.333 e. The summed E-state index contributed by atoms with van der Waals surface area (Å²) in [6.07, 6.45) is 22.8. The number of rotatable bonds is 17. The molecule has 2 nitrogen and oxygen atoms in total. The average molecular weight is 353 g/mol. The van der Waals surface area contributed by atoms with Crippen LogP contribution in [-0.4, -0.2) is 13.1 Å². The quantitative estimate of drug-likeness (QED) is 0.153.